The summed E-state index contributed by atoms with van der Waals surface area (Å²) in [5, 5.41) is 4.49. The Labute approximate surface area is 66.7 Å². The second kappa shape index (κ2) is 2.66. The standard InChI is InChI=1S/C7H12N2S/c1-5-7(6(2)10)4-9(3)8-5/h4,6,10H,1-3H3. The van der Waals surface area contributed by atoms with Gasteiger partial charge in [-0.3, -0.25) is 4.68 Å². The summed E-state index contributed by atoms with van der Waals surface area (Å²) in [4.78, 5) is 0. The van der Waals surface area contributed by atoms with E-state index < -0.39 is 0 Å². The van der Waals surface area contributed by atoms with Gasteiger partial charge in [0.25, 0.3) is 0 Å². The predicted octanol–water partition coefficient (Wildman–Crippen LogP) is 1.72. The van der Waals surface area contributed by atoms with Crippen LogP contribution < -0.4 is 0 Å². The highest BCUT2D eigenvalue weighted by Gasteiger charge is 2.06. The Morgan fingerprint density at radius 2 is 2.30 bits per heavy atom. The maximum atomic E-state index is 4.32. The molecule has 0 radical (unpaired) electrons. The number of hydrogen-bond acceptors (Lipinski definition) is 2. The average molecular weight is 156 g/mol. The Hall–Kier alpha value is -0.440. The summed E-state index contributed by atoms with van der Waals surface area (Å²) >= 11 is 4.32. The molecule has 0 aliphatic heterocycles. The van der Waals surface area contributed by atoms with Gasteiger partial charge in [-0.05, 0) is 13.8 Å². The van der Waals surface area contributed by atoms with Gasteiger partial charge in [-0.25, -0.2) is 0 Å². The van der Waals surface area contributed by atoms with Crippen LogP contribution in [-0.2, 0) is 7.05 Å². The largest absolute Gasteiger partial charge is 0.275 e. The Balaban J connectivity index is 3.03. The van der Waals surface area contributed by atoms with E-state index in [1.165, 1.54) is 5.56 Å². The summed E-state index contributed by atoms with van der Waals surface area (Å²) in [7, 11) is 1.92. The van der Waals surface area contributed by atoms with E-state index in [-0.39, 0.29) is 5.25 Å². The molecule has 1 aromatic heterocycles. The van der Waals surface area contributed by atoms with Crippen molar-refractivity contribution in [3.05, 3.63) is 17.5 Å². The second-order valence-corrected chi connectivity index (χ2v) is 3.29. The van der Waals surface area contributed by atoms with Crippen molar-refractivity contribution in [2.24, 2.45) is 7.05 Å². The zero-order valence-corrected chi connectivity index (χ0v) is 7.39. The van der Waals surface area contributed by atoms with Gasteiger partial charge in [-0.2, -0.15) is 17.7 Å². The van der Waals surface area contributed by atoms with Crippen LogP contribution in [0.2, 0.25) is 0 Å². The van der Waals surface area contributed by atoms with Crippen LogP contribution in [0.5, 0.6) is 0 Å². The van der Waals surface area contributed by atoms with Crippen LogP contribution in [0.3, 0.4) is 0 Å². The Bertz CT molecular complexity index is 228. The molecule has 0 spiro atoms. The molecule has 0 bridgehead atoms. The summed E-state index contributed by atoms with van der Waals surface area (Å²) in [5.74, 6) is 0. The van der Waals surface area contributed by atoms with Crippen LogP contribution in [0, 0.1) is 6.92 Å². The lowest BCUT2D eigenvalue weighted by molar-refractivity contribution is 0.756. The highest BCUT2D eigenvalue weighted by atomic mass is 32.1. The van der Waals surface area contributed by atoms with E-state index in [1.807, 2.05) is 31.8 Å². The predicted molar refractivity (Wildman–Crippen MR) is 45.3 cm³/mol. The van der Waals surface area contributed by atoms with E-state index in [0.29, 0.717) is 0 Å². The minimum absolute atomic E-state index is 0.286. The normalized spacial score (nSPS) is 13.6. The Morgan fingerprint density at radius 3 is 2.50 bits per heavy atom. The number of thiol groups is 1. The van der Waals surface area contributed by atoms with Crippen LogP contribution in [0.4, 0.5) is 0 Å². The molecule has 10 heavy (non-hydrogen) atoms. The van der Waals surface area contributed by atoms with Gasteiger partial charge in [0.15, 0.2) is 0 Å². The number of aromatic nitrogens is 2. The van der Waals surface area contributed by atoms with Gasteiger partial charge >= 0.3 is 0 Å². The first-order valence-corrected chi connectivity index (χ1v) is 3.81. The molecule has 0 N–H and O–H groups in total. The monoisotopic (exact) mass is 156 g/mol. The third kappa shape index (κ3) is 1.34. The third-order valence-electron chi connectivity index (χ3n) is 1.50. The lowest BCUT2D eigenvalue weighted by Crippen LogP contribution is -1.86. The third-order valence-corrected chi connectivity index (χ3v) is 1.78. The van der Waals surface area contributed by atoms with Crippen molar-refractivity contribution in [3.63, 3.8) is 0 Å². The van der Waals surface area contributed by atoms with E-state index in [9.17, 15) is 0 Å². The molecule has 2 nitrogen and oxygen atoms in total. The van der Waals surface area contributed by atoms with E-state index in [1.54, 1.807) is 0 Å². The smallest absolute Gasteiger partial charge is 0.0636 e. The molecule has 0 aliphatic carbocycles. The zero-order valence-electron chi connectivity index (χ0n) is 6.50. The average Bonchev–Trinajstić information content (AvgIpc) is 2.10. The highest BCUT2D eigenvalue weighted by Crippen LogP contribution is 2.20. The van der Waals surface area contributed by atoms with Crippen molar-refractivity contribution in [1.29, 1.82) is 0 Å². The van der Waals surface area contributed by atoms with E-state index in [4.69, 9.17) is 0 Å². The van der Waals surface area contributed by atoms with Gasteiger partial charge in [0.05, 0.1) is 5.69 Å². The van der Waals surface area contributed by atoms with E-state index >= 15 is 0 Å². The summed E-state index contributed by atoms with van der Waals surface area (Å²) in [6.07, 6.45) is 2.01. The second-order valence-electron chi connectivity index (χ2n) is 2.52. The van der Waals surface area contributed by atoms with E-state index in [0.717, 1.165) is 5.69 Å². The number of rotatable bonds is 1. The van der Waals surface area contributed by atoms with Crippen LogP contribution in [0.15, 0.2) is 6.20 Å². The lowest BCUT2D eigenvalue weighted by atomic mass is 10.2. The highest BCUT2D eigenvalue weighted by molar-refractivity contribution is 7.80. The molecule has 3 heteroatoms. The molecule has 0 saturated heterocycles. The van der Waals surface area contributed by atoms with Gasteiger partial charge in [0.1, 0.15) is 0 Å². The maximum Gasteiger partial charge on any atom is 0.0636 e. The fourth-order valence-corrected chi connectivity index (χ4v) is 1.28. The molecule has 1 atom stereocenters. The number of nitrogens with zero attached hydrogens (tertiary/aromatic N) is 2. The summed E-state index contributed by atoms with van der Waals surface area (Å²) < 4.78 is 1.82. The van der Waals surface area contributed by atoms with Crippen molar-refractivity contribution in [2.45, 2.75) is 19.1 Å². The van der Waals surface area contributed by atoms with Crippen LogP contribution in [0.1, 0.15) is 23.4 Å². The van der Waals surface area contributed by atoms with Crippen molar-refractivity contribution in [2.75, 3.05) is 0 Å². The van der Waals surface area contributed by atoms with Gasteiger partial charge in [-0.15, -0.1) is 0 Å². The van der Waals surface area contributed by atoms with Gasteiger partial charge in [0.2, 0.25) is 0 Å². The first kappa shape index (κ1) is 7.66. The van der Waals surface area contributed by atoms with E-state index in [2.05, 4.69) is 17.7 Å². The molecule has 1 unspecified atom stereocenters. The molecular formula is C7H12N2S. The molecule has 0 aromatic carbocycles. The first-order valence-electron chi connectivity index (χ1n) is 3.29. The minimum atomic E-state index is 0.286. The number of hydrogen-bond donors (Lipinski definition) is 1. The first-order chi connectivity index (χ1) is 4.61. The van der Waals surface area contributed by atoms with Crippen molar-refractivity contribution in [3.8, 4) is 0 Å². The summed E-state index contributed by atoms with van der Waals surface area (Å²) in [6.45, 7) is 4.05. The molecule has 1 rings (SSSR count). The minimum Gasteiger partial charge on any atom is -0.275 e. The molecule has 0 amide bonds. The van der Waals surface area contributed by atoms with Crippen molar-refractivity contribution >= 4 is 12.6 Å². The quantitative estimate of drug-likeness (QED) is 0.613. The van der Waals surface area contributed by atoms with Gasteiger partial charge in [-0.1, -0.05) is 0 Å². The maximum absolute atomic E-state index is 4.32. The van der Waals surface area contributed by atoms with Crippen molar-refractivity contribution in [1.82, 2.24) is 9.78 Å². The zero-order chi connectivity index (χ0) is 7.72. The van der Waals surface area contributed by atoms with Crippen molar-refractivity contribution < 1.29 is 0 Å². The lowest BCUT2D eigenvalue weighted by Gasteiger charge is -1.98. The molecule has 1 aromatic rings. The molecule has 0 fully saturated rings. The van der Waals surface area contributed by atoms with Crippen LogP contribution >= 0.6 is 12.6 Å². The fraction of sp³-hybridized carbons (Fsp3) is 0.571. The van der Waals surface area contributed by atoms with Crippen LogP contribution in [0.25, 0.3) is 0 Å². The summed E-state index contributed by atoms with van der Waals surface area (Å²) in [5.41, 5.74) is 2.29. The molecule has 0 aliphatic rings. The molecule has 56 valence electrons. The number of aryl methyl sites for hydroxylation is 2. The topological polar surface area (TPSA) is 17.8 Å². The summed E-state index contributed by atoms with van der Waals surface area (Å²) in [6, 6.07) is 0. The van der Waals surface area contributed by atoms with Gasteiger partial charge in [0, 0.05) is 24.1 Å². The molecule has 0 saturated carbocycles. The Kier molecular flexibility index (Phi) is 2.04. The molecule has 1 heterocycles. The van der Waals surface area contributed by atoms with Crippen LogP contribution in [-0.4, -0.2) is 9.78 Å². The Morgan fingerprint density at radius 1 is 1.70 bits per heavy atom. The van der Waals surface area contributed by atoms with Gasteiger partial charge < -0.3 is 0 Å². The fourth-order valence-electron chi connectivity index (χ4n) is 1.03. The SMILES string of the molecule is Cc1nn(C)cc1C(C)S. The molecular weight excluding hydrogens is 144 g/mol.